The van der Waals surface area contributed by atoms with E-state index in [2.05, 4.69) is 30.8 Å². The minimum absolute atomic E-state index is 0.694. The number of para-hydroxylation sites is 1. The lowest BCUT2D eigenvalue weighted by Gasteiger charge is -2.01. The molecule has 1 nitrogen and oxygen atoms in total. The Labute approximate surface area is 107 Å². The summed E-state index contributed by atoms with van der Waals surface area (Å²) in [5.74, 6) is 0. The molecule has 0 spiro atoms. The molecule has 0 bridgehead atoms. The van der Waals surface area contributed by atoms with Crippen LogP contribution in [0.4, 0.5) is 0 Å². The fourth-order valence-corrected chi connectivity index (χ4v) is 1.73. The van der Waals surface area contributed by atoms with Crippen LogP contribution < -0.4 is 0 Å². The topological polar surface area (TPSA) is 15.8 Å². The highest BCUT2D eigenvalue weighted by Gasteiger charge is 2.07. The molecule has 1 N–H and O–H groups in total. The Morgan fingerprint density at radius 2 is 1.94 bits per heavy atom. The first-order valence-electron chi connectivity index (χ1n) is 5.31. The number of allylic oxidation sites excluding steroid dienone is 3. The number of benzene rings is 1. The Morgan fingerprint density at radius 3 is 2.59 bits per heavy atom. The van der Waals surface area contributed by atoms with Crippen molar-refractivity contribution < 1.29 is 0 Å². The molecule has 2 aromatic rings. The highest BCUT2D eigenvalue weighted by atomic mass is 35.5. The third-order valence-electron chi connectivity index (χ3n) is 2.46. The van der Waals surface area contributed by atoms with E-state index < -0.39 is 0 Å². The Hall–Kier alpha value is -1.73. The SMILES string of the molecule is C=C.C=C(/C(Cl)=C\C)c1c[nH]c2ccccc12. The van der Waals surface area contributed by atoms with Crippen LogP contribution in [0.15, 0.2) is 61.3 Å². The molecule has 0 aliphatic rings. The van der Waals surface area contributed by atoms with E-state index in [4.69, 9.17) is 11.6 Å². The van der Waals surface area contributed by atoms with Crippen LogP contribution in [0.1, 0.15) is 12.5 Å². The number of rotatable bonds is 2. The molecule has 0 radical (unpaired) electrons. The second-order valence-corrected chi connectivity index (χ2v) is 3.77. The van der Waals surface area contributed by atoms with Crippen molar-refractivity contribution in [3.05, 3.63) is 66.9 Å². The Kier molecular flexibility index (Phi) is 4.80. The molecule has 1 aromatic carbocycles. The first-order chi connectivity index (χ1) is 8.24. The van der Waals surface area contributed by atoms with E-state index in [0.717, 1.165) is 22.0 Å². The van der Waals surface area contributed by atoms with Gasteiger partial charge in [-0.25, -0.2) is 0 Å². The Balaban J connectivity index is 0.000000686. The van der Waals surface area contributed by atoms with Crippen molar-refractivity contribution in [2.75, 3.05) is 0 Å². The summed E-state index contributed by atoms with van der Waals surface area (Å²) in [5.41, 5.74) is 3.03. The third-order valence-corrected chi connectivity index (χ3v) is 2.90. The average molecular weight is 246 g/mol. The first kappa shape index (κ1) is 13.3. The van der Waals surface area contributed by atoms with Crippen LogP contribution in [-0.2, 0) is 0 Å². The van der Waals surface area contributed by atoms with Crippen molar-refractivity contribution >= 4 is 28.1 Å². The van der Waals surface area contributed by atoms with Crippen LogP contribution in [0.3, 0.4) is 0 Å². The number of H-pyrrole nitrogens is 1. The molecule has 1 aromatic heterocycles. The summed E-state index contributed by atoms with van der Waals surface area (Å²) >= 11 is 6.06. The summed E-state index contributed by atoms with van der Waals surface area (Å²) in [5, 5.41) is 1.85. The minimum atomic E-state index is 0.694. The maximum Gasteiger partial charge on any atom is 0.0460 e. The van der Waals surface area contributed by atoms with Gasteiger partial charge in [-0.15, -0.1) is 13.2 Å². The minimum Gasteiger partial charge on any atom is -0.361 e. The molecule has 0 amide bonds. The van der Waals surface area contributed by atoms with Crippen LogP contribution in [0, 0.1) is 0 Å². The van der Waals surface area contributed by atoms with Crippen LogP contribution in [-0.4, -0.2) is 4.98 Å². The highest BCUT2D eigenvalue weighted by molar-refractivity contribution is 6.37. The van der Waals surface area contributed by atoms with Gasteiger partial charge in [-0.2, -0.15) is 0 Å². The van der Waals surface area contributed by atoms with Crippen LogP contribution in [0.5, 0.6) is 0 Å². The zero-order valence-electron chi connectivity index (χ0n) is 9.96. The monoisotopic (exact) mass is 245 g/mol. The zero-order chi connectivity index (χ0) is 12.8. The van der Waals surface area contributed by atoms with Gasteiger partial charge in [-0.3, -0.25) is 0 Å². The van der Waals surface area contributed by atoms with Crippen LogP contribution in [0.2, 0.25) is 0 Å². The zero-order valence-corrected chi connectivity index (χ0v) is 10.7. The molecule has 17 heavy (non-hydrogen) atoms. The Morgan fingerprint density at radius 1 is 1.29 bits per heavy atom. The number of halogens is 1. The van der Waals surface area contributed by atoms with E-state index in [1.165, 1.54) is 0 Å². The Bertz CT molecular complexity index is 549. The van der Waals surface area contributed by atoms with E-state index in [9.17, 15) is 0 Å². The fraction of sp³-hybridized carbons (Fsp3) is 0.0667. The predicted molar refractivity (Wildman–Crippen MR) is 78.2 cm³/mol. The molecular weight excluding hydrogens is 230 g/mol. The first-order valence-corrected chi connectivity index (χ1v) is 5.69. The lowest BCUT2D eigenvalue weighted by atomic mass is 10.1. The number of hydrogen-bond donors (Lipinski definition) is 1. The molecule has 2 rings (SSSR count). The van der Waals surface area contributed by atoms with E-state index in [0.29, 0.717) is 5.03 Å². The summed E-state index contributed by atoms with van der Waals surface area (Å²) in [6.45, 7) is 11.9. The normalized spacial score (nSPS) is 10.8. The largest absolute Gasteiger partial charge is 0.361 e. The number of hydrogen-bond acceptors (Lipinski definition) is 0. The molecule has 88 valence electrons. The molecule has 0 unspecified atom stereocenters. The highest BCUT2D eigenvalue weighted by Crippen LogP contribution is 2.29. The summed E-state index contributed by atoms with van der Waals surface area (Å²) in [6.07, 6.45) is 3.80. The molecule has 0 atom stereocenters. The van der Waals surface area contributed by atoms with Gasteiger partial charge in [0.25, 0.3) is 0 Å². The van der Waals surface area contributed by atoms with Crippen molar-refractivity contribution in [3.8, 4) is 0 Å². The maximum absolute atomic E-state index is 6.06. The van der Waals surface area contributed by atoms with Crippen molar-refractivity contribution in [2.24, 2.45) is 0 Å². The van der Waals surface area contributed by atoms with E-state index in [-0.39, 0.29) is 0 Å². The van der Waals surface area contributed by atoms with Gasteiger partial charge in [0.15, 0.2) is 0 Å². The van der Waals surface area contributed by atoms with Gasteiger partial charge >= 0.3 is 0 Å². The van der Waals surface area contributed by atoms with Gasteiger partial charge in [0.05, 0.1) is 0 Å². The van der Waals surface area contributed by atoms with Crippen LogP contribution >= 0.6 is 11.6 Å². The van der Waals surface area contributed by atoms with Gasteiger partial charge in [-0.1, -0.05) is 42.5 Å². The molecule has 0 aliphatic carbocycles. The molecule has 0 saturated carbocycles. The standard InChI is InChI=1S/C13H12ClN.C2H4/c1-3-12(14)9(2)11-8-15-13-7-5-4-6-10(11)13;1-2/h3-8,15H,2H2,1H3;1-2H2/b12-3+;. The van der Waals surface area contributed by atoms with Gasteiger partial charge < -0.3 is 4.98 Å². The van der Waals surface area contributed by atoms with Gasteiger partial charge in [-0.05, 0) is 18.6 Å². The second-order valence-electron chi connectivity index (χ2n) is 3.36. The molecule has 0 aliphatic heterocycles. The summed E-state index contributed by atoms with van der Waals surface area (Å²) in [7, 11) is 0. The van der Waals surface area contributed by atoms with Gasteiger partial charge in [0, 0.05) is 27.7 Å². The van der Waals surface area contributed by atoms with Crippen molar-refractivity contribution in [1.29, 1.82) is 0 Å². The second kappa shape index (κ2) is 6.12. The molecule has 0 saturated heterocycles. The van der Waals surface area contributed by atoms with E-state index >= 15 is 0 Å². The lowest BCUT2D eigenvalue weighted by molar-refractivity contribution is 1.46. The quantitative estimate of drug-likeness (QED) is 0.558. The molecular formula is C15H16ClN. The molecule has 2 heteroatoms. The third kappa shape index (κ3) is 2.69. The van der Waals surface area contributed by atoms with Crippen molar-refractivity contribution in [3.63, 3.8) is 0 Å². The maximum atomic E-state index is 6.06. The lowest BCUT2D eigenvalue weighted by Crippen LogP contribution is -1.79. The van der Waals surface area contributed by atoms with E-state index in [1.807, 2.05) is 37.4 Å². The van der Waals surface area contributed by atoms with Gasteiger partial charge in [0.1, 0.15) is 0 Å². The summed E-state index contributed by atoms with van der Waals surface area (Å²) in [4.78, 5) is 3.20. The van der Waals surface area contributed by atoms with E-state index in [1.54, 1.807) is 0 Å². The summed E-state index contributed by atoms with van der Waals surface area (Å²) in [6, 6.07) is 8.11. The van der Waals surface area contributed by atoms with Gasteiger partial charge in [0.2, 0.25) is 0 Å². The number of nitrogens with one attached hydrogen (secondary N) is 1. The molecule has 0 fully saturated rings. The smallest absolute Gasteiger partial charge is 0.0460 e. The number of fused-ring (bicyclic) bond motifs is 1. The van der Waals surface area contributed by atoms with Crippen LogP contribution in [0.25, 0.3) is 16.5 Å². The fourth-order valence-electron chi connectivity index (χ4n) is 1.62. The number of aromatic nitrogens is 1. The summed E-state index contributed by atoms with van der Waals surface area (Å²) < 4.78 is 0. The molecule has 1 heterocycles. The average Bonchev–Trinajstić information content (AvgIpc) is 2.83. The van der Waals surface area contributed by atoms with Crippen molar-refractivity contribution in [2.45, 2.75) is 6.92 Å². The predicted octanol–water partition coefficient (Wildman–Crippen LogP) is 5.13. The number of aromatic amines is 1. The van der Waals surface area contributed by atoms with Crippen molar-refractivity contribution in [1.82, 2.24) is 4.98 Å².